The van der Waals surface area contributed by atoms with Gasteiger partial charge in [-0.25, -0.2) is 9.50 Å². The number of H-pyrrole nitrogens is 1. The second-order valence-corrected chi connectivity index (χ2v) is 6.50. The van der Waals surface area contributed by atoms with Gasteiger partial charge in [0.2, 0.25) is 0 Å². The Morgan fingerprint density at radius 3 is 3.00 bits per heavy atom. The molecule has 1 aliphatic rings. The maximum Gasteiger partial charge on any atom is 0.333 e. The zero-order valence-electron chi connectivity index (χ0n) is 14.5. The molecular formula is C18H15F2N7O. The van der Waals surface area contributed by atoms with Gasteiger partial charge in [0, 0.05) is 31.1 Å². The number of rotatable bonds is 3. The highest BCUT2D eigenvalue weighted by atomic mass is 19.3. The van der Waals surface area contributed by atoms with Crippen LogP contribution in [0, 0.1) is 0 Å². The van der Waals surface area contributed by atoms with E-state index in [4.69, 9.17) is 0 Å². The molecule has 0 saturated carbocycles. The van der Waals surface area contributed by atoms with Gasteiger partial charge in [0.05, 0.1) is 23.2 Å². The van der Waals surface area contributed by atoms with Crippen LogP contribution in [-0.2, 0) is 6.42 Å². The van der Waals surface area contributed by atoms with Crippen LogP contribution in [0.4, 0.5) is 8.78 Å². The Balaban J connectivity index is 1.62. The minimum absolute atomic E-state index is 0.164. The molecule has 10 heteroatoms. The monoisotopic (exact) mass is 383 g/mol. The van der Waals surface area contributed by atoms with Crippen molar-refractivity contribution in [2.45, 2.75) is 19.0 Å². The van der Waals surface area contributed by atoms with Crippen LogP contribution in [0.25, 0.3) is 5.52 Å². The molecule has 1 N–H and O–H groups in total. The van der Waals surface area contributed by atoms with Gasteiger partial charge in [-0.15, -0.1) is 0 Å². The number of aromatic amines is 1. The minimum Gasteiger partial charge on any atom is -0.348 e. The molecule has 0 bridgehead atoms. The van der Waals surface area contributed by atoms with Crippen molar-refractivity contribution in [3.05, 3.63) is 71.8 Å². The normalized spacial score (nSPS) is 16.7. The summed E-state index contributed by atoms with van der Waals surface area (Å²) in [7, 11) is 0. The van der Waals surface area contributed by atoms with Crippen LogP contribution in [0.3, 0.4) is 0 Å². The Morgan fingerprint density at radius 2 is 2.18 bits per heavy atom. The molecule has 5 rings (SSSR count). The van der Waals surface area contributed by atoms with E-state index in [-0.39, 0.29) is 5.69 Å². The number of alkyl halides is 2. The number of amides is 1. The maximum atomic E-state index is 13.2. The van der Waals surface area contributed by atoms with E-state index in [1.54, 1.807) is 10.8 Å². The van der Waals surface area contributed by atoms with Crippen molar-refractivity contribution in [1.82, 2.24) is 34.3 Å². The average Bonchev–Trinajstić information content (AvgIpc) is 3.44. The van der Waals surface area contributed by atoms with Crippen molar-refractivity contribution in [1.29, 1.82) is 0 Å². The number of nitrogens with zero attached hydrogens (tertiary/aromatic N) is 6. The molecule has 0 saturated heterocycles. The standard InChI is InChI=1S/C18H15F2N7O/c19-18(20)27-14(4-6-23-27)17(28)25-8-5-12-15(22-10-21-12)16(25)13-9-11-3-1-2-7-26(11)24-13/h1-4,6-7,9-10,16,18H,5,8H2,(H,21,22). The number of hydrogen-bond donors (Lipinski definition) is 1. The molecule has 1 amide bonds. The van der Waals surface area contributed by atoms with Crippen LogP contribution >= 0.6 is 0 Å². The van der Waals surface area contributed by atoms with Crippen molar-refractivity contribution in [2.24, 2.45) is 0 Å². The highest BCUT2D eigenvalue weighted by molar-refractivity contribution is 5.93. The molecule has 0 spiro atoms. The highest BCUT2D eigenvalue weighted by Crippen LogP contribution is 2.34. The van der Waals surface area contributed by atoms with E-state index >= 15 is 0 Å². The Hall–Kier alpha value is -3.56. The van der Waals surface area contributed by atoms with Gasteiger partial charge in [-0.05, 0) is 24.3 Å². The Bertz CT molecular complexity index is 1130. The number of hydrogen-bond acceptors (Lipinski definition) is 4. The van der Waals surface area contributed by atoms with Gasteiger partial charge in [0.25, 0.3) is 5.91 Å². The van der Waals surface area contributed by atoms with Crippen LogP contribution < -0.4 is 0 Å². The summed E-state index contributed by atoms with van der Waals surface area (Å²) in [5, 5.41) is 8.16. The van der Waals surface area contributed by atoms with Crippen LogP contribution in [0.2, 0.25) is 0 Å². The Morgan fingerprint density at radius 1 is 1.29 bits per heavy atom. The fourth-order valence-electron chi connectivity index (χ4n) is 3.67. The van der Waals surface area contributed by atoms with Crippen LogP contribution in [-0.4, -0.2) is 46.7 Å². The number of aromatic nitrogens is 6. The molecule has 142 valence electrons. The average molecular weight is 383 g/mol. The number of nitrogens with one attached hydrogen (secondary N) is 1. The fraction of sp³-hybridized carbons (Fsp3) is 0.222. The van der Waals surface area contributed by atoms with Gasteiger partial charge in [-0.1, -0.05) is 6.07 Å². The molecule has 0 fully saturated rings. The largest absolute Gasteiger partial charge is 0.348 e. The lowest BCUT2D eigenvalue weighted by molar-refractivity contribution is 0.0441. The van der Waals surface area contributed by atoms with Crippen molar-refractivity contribution in [3.63, 3.8) is 0 Å². The first-order chi connectivity index (χ1) is 13.6. The first-order valence-corrected chi connectivity index (χ1v) is 8.72. The Kier molecular flexibility index (Phi) is 3.71. The lowest BCUT2D eigenvalue weighted by Crippen LogP contribution is -2.41. The van der Waals surface area contributed by atoms with E-state index in [0.717, 1.165) is 11.2 Å². The van der Waals surface area contributed by atoms with Gasteiger partial charge in [-0.2, -0.15) is 23.7 Å². The lowest BCUT2D eigenvalue weighted by atomic mass is 9.99. The van der Waals surface area contributed by atoms with Crippen molar-refractivity contribution >= 4 is 11.4 Å². The summed E-state index contributed by atoms with van der Waals surface area (Å²) in [6, 6.07) is 8.25. The number of fused-ring (bicyclic) bond motifs is 2. The van der Waals surface area contributed by atoms with E-state index in [0.29, 0.717) is 29.0 Å². The maximum absolute atomic E-state index is 13.2. The third-order valence-electron chi connectivity index (χ3n) is 4.93. The first-order valence-electron chi connectivity index (χ1n) is 8.72. The third kappa shape index (κ3) is 2.48. The summed E-state index contributed by atoms with van der Waals surface area (Å²) in [6.07, 6.45) is 5.13. The van der Waals surface area contributed by atoms with E-state index in [2.05, 4.69) is 20.2 Å². The van der Waals surface area contributed by atoms with Gasteiger partial charge in [0.15, 0.2) is 0 Å². The first kappa shape index (κ1) is 16.6. The zero-order chi connectivity index (χ0) is 19.3. The van der Waals surface area contributed by atoms with Crippen LogP contribution in [0.5, 0.6) is 0 Å². The fourth-order valence-corrected chi connectivity index (χ4v) is 3.67. The molecule has 8 nitrogen and oxygen atoms in total. The lowest BCUT2D eigenvalue weighted by Gasteiger charge is -2.33. The molecule has 0 radical (unpaired) electrons. The molecule has 1 atom stereocenters. The number of carbonyl (C=O) groups is 1. The summed E-state index contributed by atoms with van der Waals surface area (Å²) < 4.78 is 28.6. The number of imidazole rings is 1. The molecule has 4 aromatic heterocycles. The molecular weight excluding hydrogens is 368 g/mol. The van der Waals surface area contributed by atoms with Crippen molar-refractivity contribution in [2.75, 3.05) is 6.54 Å². The number of carbonyl (C=O) groups excluding carboxylic acids is 1. The van der Waals surface area contributed by atoms with E-state index in [9.17, 15) is 13.6 Å². The zero-order valence-corrected chi connectivity index (χ0v) is 14.5. The second-order valence-electron chi connectivity index (χ2n) is 6.50. The van der Waals surface area contributed by atoms with Gasteiger partial charge in [-0.3, -0.25) is 4.79 Å². The number of pyridine rings is 1. The molecule has 0 aliphatic carbocycles. The van der Waals surface area contributed by atoms with Crippen LogP contribution in [0.1, 0.15) is 40.2 Å². The molecule has 28 heavy (non-hydrogen) atoms. The smallest absolute Gasteiger partial charge is 0.333 e. The van der Waals surface area contributed by atoms with E-state index in [1.165, 1.54) is 17.2 Å². The summed E-state index contributed by atoms with van der Waals surface area (Å²) in [5.41, 5.74) is 2.91. The molecule has 0 aromatic carbocycles. The summed E-state index contributed by atoms with van der Waals surface area (Å²) in [5.74, 6) is -0.534. The van der Waals surface area contributed by atoms with Gasteiger partial charge in [0.1, 0.15) is 11.7 Å². The second kappa shape index (κ2) is 6.25. The number of halogens is 2. The quantitative estimate of drug-likeness (QED) is 0.589. The third-order valence-corrected chi connectivity index (χ3v) is 4.93. The van der Waals surface area contributed by atoms with Crippen molar-refractivity contribution in [3.8, 4) is 0 Å². The van der Waals surface area contributed by atoms with E-state index in [1.807, 2.05) is 30.5 Å². The minimum atomic E-state index is -2.90. The summed E-state index contributed by atoms with van der Waals surface area (Å²) in [4.78, 5) is 22.2. The highest BCUT2D eigenvalue weighted by Gasteiger charge is 2.37. The van der Waals surface area contributed by atoms with Crippen LogP contribution in [0.15, 0.2) is 49.1 Å². The van der Waals surface area contributed by atoms with Crippen molar-refractivity contribution < 1.29 is 13.6 Å². The molecule has 4 aromatic rings. The Labute approximate surface area is 157 Å². The topological polar surface area (TPSA) is 84.1 Å². The molecule has 1 unspecified atom stereocenters. The molecule has 5 heterocycles. The van der Waals surface area contributed by atoms with E-state index < -0.39 is 18.5 Å². The summed E-state index contributed by atoms with van der Waals surface area (Å²) in [6.45, 7) is -2.55. The van der Waals surface area contributed by atoms with Gasteiger partial charge >= 0.3 is 6.55 Å². The summed E-state index contributed by atoms with van der Waals surface area (Å²) >= 11 is 0. The predicted molar refractivity (Wildman–Crippen MR) is 93.8 cm³/mol. The SMILES string of the molecule is O=C(c1ccnn1C(F)F)N1CCc2[nH]cnc2C1c1cc2ccccn2n1. The van der Waals surface area contributed by atoms with Gasteiger partial charge < -0.3 is 9.88 Å². The molecule has 1 aliphatic heterocycles. The predicted octanol–water partition coefficient (Wildman–Crippen LogP) is 2.44.